The normalized spacial score (nSPS) is 21.2. The van der Waals surface area contributed by atoms with Gasteiger partial charge in [-0.1, -0.05) is 12.8 Å². The fourth-order valence-electron chi connectivity index (χ4n) is 2.13. The summed E-state index contributed by atoms with van der Waals surface area (Å²) in [6.45, 7) is 4.13. The molecule has 1 aliphatic rings. The number of hydrogen-bond donors (Lipinski definition) is 1. The zero-order chi connectivity index (χ0) is 9.68. The van der Waals surface area contributed by atoms with Gasteiger partial charge in [0.1, 0.15) is 0 Å². The zero-order valence-electron chi connectivity index (χ0n) is 9.00. The third-order valence-electron chi connectivity index (χ3n) is 2.97. The van der Waals surface area contributed by atoms with Crippen molar-refractivity contribution in [3.05, 3.63) is 0 Å². The molecule has 0 amide bonds. The Kier molecular flexibility index (Phi) is 4.74. The first-order valence-corrected chi connectivity index (χ1v) is 5.55. The van der Waals surface area contributed by atoms with Crippen LogP contribution >= 0.6 is 0 Å². The number of hydrogen-bond acceptors (Lipinski definition) is 2. The van der Waals surface area contributed by atoms with Crippen LogP contribution in [0.1, 0.15) is 39.0 Å². The maximum atomic E-state index is 9.14. The minimum atomic E-state index is -0.147. The molecule has 1 N–H and O–H groups in total. The number of aliphatic hydroxyl groups is 1. The van der Waals surface area contributed by atoms with Crippen molar-refractivity contribution < 1.29 is 5.11 Å². The first-order chi connectivity index (χ1) is 6.18. The van der Waals surface area contributed by atoms with Gasteiger partial charge in [0, 0.05) is 13.1 Å². The Morgan fingerprint density at radius 2 is 2.00 bits per heavy atom. The van der Waals surface area contributed by atoms with E-state index in [2.05, 4.69) is 11.9 Å². The van der Waals surface area contributed by atoms with Gasteiger partial charge in [-0.25, -0.2) is 0 Å². The summed E-state index contributed by atoms with van der Waals surface area (Å²) in [5.74, 6) is 0.930. The van der Waals surface area contributed by atoms with Crippen molar-refractivity contribution in [3.63, 3.8) is 0 Å². The highest BCUT2D eigenvalue weighted by atomic mass is 16.3. The molecule has 1 saturated carbocycles. The molecule has 1 aliphatic carbocycles. The molecule has 0 bridgehead atoms. The van der Waals surface area contributed by atoms with E-state index in [0.717, 1.165) is 18.9 Å². The van der Waals surface area contributed by atoms with Crippen molar-refractivity contribution in [1.29, 1.82) is 0 Å². The second kappa shape index (κ2) is 5.61. The number of aliphatic hydroxyl groups excluding tert-OH is 1. The summed E-state index contributed by atoms with van der Waals surface area (Å²) < 4.78 is 0. The van der Waals surface area contributed by atoms with Crippen molar-refractivity contribution in [1.82, 2.24) is 4.90 Å². The molecule has 1 fully saturated rings. The van der Waals surface area contributed by atoms with Gasteiger partial charge < -0.3 is 10.0 Å². The summed E-state index contributed by atoms with van der Waals surface area (Å²) in [6, 6.07) is 0. The molecular formula is C11H23NO. The summed E-state index contributed by atoms with van der Waals surface area (Å²) >= 11 is 0. The van der Waals surface area contributed by atoms with Gasteiger partial charge >= 0.3 is 0 Å². The second-order valence-electron chi connectivity index (χ2n) is 4.55. The van der Waals surface area contributed by atoms with Gasteiger partial charge in [0.15, 0.2) is 0 Å². The molecule has 2 nitrogen and oxygen atoms in total. The van der Waals surface area contributed by atoms with Gasteiger partial charge in [0.25, 0.3) is 0 Å². The lowest BCUT2D eigenvalue weighted by Crippen LogP contribution is -2.27. The highest BCUT2D eigenvalue weighted by Crippen LogP contribution is 2.25. The minimum absolute atomic E-state index is 0.147. The molecule has 0 aromatic heterocycles. The first kappa shape index (κ1) is 11.0. The molecule has 13 heavy (non-hydrogen) atoms. The van der Waals surface area contributed by atoms with E-state index in [1.165, 1.54) is 32.2 Å². The molecule has 0 radical (unpaired) electrons. The Bertz CT molecular complexity index is 130. The van der Waals surface area contributed by atoms with Crippen LogP contribution in [-0.2, 0) is 0 Å². The topological polar surface area (TPSA) is 23.5 Å². The lowest BCUT2D eigenvalue weighted by Gasteiger charge is -2.21. The first-order valence-electron chi connectivity index (χ1n) is 5.55. The average Bonchev–Trinajstić information content (AvgIpc) is 2.53. The third-order valence-corrected chi connectivity index (χ3v) is 2.97. The van der Waals surface area contributed by atoms with Crippen molar-refractivity contribution in [2.45, 2.75) is 45.1 Å². The van der Waals surface area contributed by atoms with Crippen LogP contribution in [-0.4, -0.2) is 36.2 Å². The quantitative estimate of drug-likeness (QED) is 0.707. The molecule has 0 spiro atoms. The Balaban J connectivity index is 2.05. The van der Waals surface area contributed by atoms with Crippen LogP contribution in [0.3, 0.4) is 0 Å². The van der Waals surface area contributed by atoms with E-state index in [4.69, 9.17) is 5.11 Å². The maximum Gasteiger partial charge on any atom is 0.0524 e. The monoisotopic (exact) mass is 185 g/mol. The highest BCUT2D eigenvalue weighted by Gasteiger charge is 2.16. The summed E-state index contributed by atoms with van der Waals surface area (Å²) in [7, 11) is 2.17. The molecule has 0 aromatic rings. The molecule has 0 saturated heterocycles. The van der Waals surface area contributed by atoms with E-state index >= 15 is 0 Å². The van der Waals surface area contributed by atoms with E-state index in [-0.39, 0.29) is 6.10 Å². The lowest BCUT2D eigenvalue weighted by atomic mass is 10.1. The van der Waals surface area contributed by atoms with Crippen LogP contribution in [0.15, 0.2) is 0 Å². The molecule has 78 valence electrons. The Labute approximate surface area is 81.9 Å². The van der Waals surface area contributed by atoms with E-state index in [1.54, 1.807) is 0 Å². The summed E-state index contributed by atoms with van der Waals surface area (Å²) in [6.07, 6.45) is 6.44. The molecule has 2 heteroatoms. The standard InChI is InChI=1S/C11H23NO/c1-10(13)7-8-12(2)9-11-5-3-4-6-11/h10-11,13H,3-9H2,1-2H3. The maximum absolute atomic E-state index is 9.14. The van der Waals surface area contributed by atoms with Crippen LogP contribution in [0.2, 0.25) is 0 Å². The molecule has 0 aromatic carbocycles. The minimum Gasteiger partial charge on any atom is -0.393 e. The second-order valence-corrected chi connectivity index (χ2v) is 4.55. The molecule has 1 unspecified atom stereocenters. The molecule has 1 rings (SSSR count). The van der Waals surface area contributed by atoms with Crippen LogP contribution in [0.4, 0.5) is 0 Å². The third kappa shape index (κ3) is 4.63. The van der Waals surface area contributed by atoms with Crippen LogP contribution < -0.4 is 0 Å². The highest BCUT2D eigenvalue weighted by molar-refractivity contribution is 4.70. The van der Waals surface area contributed by atoms with Crippen LogP contribution in [0, 0.1) is 5.92 Å². The number of rotatable bonds is 5. The fourth-order valence-corrected chi connectivity index (χ4v) is 2.13. The van der Waals surface area contributed by atoms with Crippen LogP contribution in [0.25, 0.3) is 0 Å². The summed E-state index contributed by atoms with van der Waals surface area (Å²) in [5, 5.41) is 9.14. The smallest absolute Gasteiger partial charge is 0.0524 e. The largest absolute Gasteiger partial charge is 0.393 e. The van der Waals surface area contributed by atoms with Crippen molar-refractivity contribution in [3.8, 4) is 0 Å². The van der Waals surface area contributed by atoms with Gasteiger partial charge in [-0.05, 0) is 39.2 Å². The van der Waals surface area contributed by atoms with Gasteiger partial charge in [0.05, 0.1) is 6.10 Å². The summed E-state index contributed by atoms with van der Waals surface area (Å²) in [4.78, 5) is 2.36. The van der Waals surface area contributed by atoms with E-state index < -0.39 is 0 Å². The van der Waals surface area contributed by atoms with Crippen molar-refractivity contribution >= 4 is 0 Å². The van der Waals surface area contributed by atoms with Gasteiger partial charge in [-0.3, -0.25) is 0 Å². The molecule has 1 atom stereocenters. The fraction of sp³-hybridized carbons (Fsp3) is 1.00. The van der Waals surface area contributed by atoms with Gasteiger partial charge in [0.2, 0.25) is 0 Å². The molecule has 0 aliphatic heterocycles. The SMILES string of the molecule is CC(O)CCN(C)CC1CCCC1. The van der Waals surface area contributed by atoms with Crippen molar-refractivity contribution in [2.75, 3.05) is 20.1 Å². The van der Waals surface area contributed by atoms with E-state index in [0.29, 0.717) is 0 Å². The van der Waals surface area contributed by atoms with Gasteiger partial charge in [-0.2, -0.15) is 0 Å². The number of nitrogens with zero attached hydrogens (tertiary/aromatic N) is 1. The van der Waals surface area contributed by atoms with E-state index in [1.807, 2.05) is 6.92 Å². The summed E-state index contributed by atoms with van der Waals surface area (Å²) in [5.41, 5.74) is 0. The predicted molar refractivity (Wildman–Crippen MR) is 55.8 cm³/mol. The van der Waals surface area contributed by atoms with Crippen LogP contribution in [0.5, 0.6) is 0 Å². The Morgan fingerprint density at radius 3 is 2.54 bits per heavy atom. The predicted octanol–water partition coefficient (Wildman–Crippen LogP) is 1.88. The Morgan fingerprint density at radius 1 is 1.38 bits per heavy atom. The van der Waals surface area contributed by atoms with Gasteiger partial charge in [-0.15, -0.1) is 0 Å². The molecular weight excluding hydrogens is 162 g/mol. The van der Waals surface area contributed by atoms with Crippen molar-refractivity contribution in [2.24, 2.45) is 5.92 Å². The lowest BCUT2D eigenvalue weighted by molar-refractivity contribution is 0.159. The molecule has 0 heterocycles. The average molecular weight is 185 g/mol. The Hall–Kier alpha value is -0.0800. The zero-order valence-corrected chi connectivity index (χ0v) is 9.00. The van der Waals surface area contributed by atoms with E-state index in [9.17, 15) is 0 Å².